The Hall–Kier alpha value is -2.33. The van der Waals surface area contributed by atoms with E-state index in [1.165, 1.54) is 23.1 Å². The summed E-state index contributed by atoms with van der Waals surface area (Å²) in [6, 6.07) is 3.73. The van der Waals surface area contributed by atoms with Crippen molar-refractivity contribution in [2.24, 2.45) is 7.05 Å². The molecule has 0 aliphatic carbocycles. The number of amides is 1. The lowest BCUT2D eigenvalue weighted by Gasteiger charge is -2.10. The molecule has 8 nitrogen and oxygen atoms in total. The summed E-state index contributed by atoms with van der Waals surface area (Å²) < 4.78 is 7.75. The number of furan rings is 1. The second-order valence-corrected chi connectivity index (χ2v) is 8.29. The second-order valence-electron chi connectivity index (χ2n) is 5.72. The third-order valence-electron chi connectivity index (χ3n) is 3.80. The molecule has 26 heavy (non-hydrogen) atoms. The lowest BCUT2D eigenvalue weighted by atomic mass is 10.3. The largest absolute Gasteiger partial charge is 0.467 e. The molecule has 0 radical (unpaired) electrons. The first-order valence-electron chi connectivity index (χ1n) is 8.01. The van der Waals surface area contributed by atoms with Crippen LogP contribution in [0.5, 0.6) is 0 Å². The van der Waals surface area contributed by atoms with Crippen LogP contribution in [0.25, 0.3) is 0 Å². The molecule has 0 unspecified atom stereocenters. The van der Waals surface area contributed by atoms with E-state index in [-0.39, 0.29) is 11.2 Å². The monoisotopic (exact) mass is 392 g/mol. The topological polar surface area (TPSA) is 97.9 Å². The third kappa shape index (κ3) is 4.25. The Morgan fingerprint density at radius 2 is 2.23 bits per heavy atom. The molecular weight excluding hydrogens is 372 g/mol. The highest BCUT2D eigenvalue weighted by Crippen LogP contribution is 2.30. The molecule has 0 bridgehead atoms. The standard InChI is InChI=1S/C16H20N6O2S2/c1-9-13(10(2)22(4)21-9)18-14(23)11(3)25-16-20-19-15(26-16)17-8-12-6-5-7-24-12/h5-7,11H,8H2,1-4H3,(H,17,19)(H,18,23)/t11-/m0/s1. The molecule has 138 valence electrons. The van der Waals surface area contributed by atoms with Gasteiger partial charge in [0.1, 0.15) is 5.76 Å². The zero-order valence-electron chi connectivity index (χ0n) is 14.9. The highest BCUT2D eigenvalue weighted by molar-refractivity contribution is 8.02. The zero-order chi connectivity index (χ0) is 18.7. The smallest absolute Gasteiger partial charge is 0.237 e. The number of anilines is 2. The van der Waals surface area contributed by atoms with Gasteiger partial charge in [0.2, 0.25) is 11.0 Å². The first-order chi connectivity index (χ1) is 12.4. The van der Waals surface area contributed by atoms with E-state index >= 15 is 0 Å². The fourth-order valence-corrected chi connectivity index (χ4v) is 4.18. The molecule has 3 rings (SSSR count). The summed E-state index contributed by atoms with van der Waals surface area (Å²) in [4.78, 5) is 12.5. The normalized spacial score (nSPS) is 12.2. The van der Waals surface area contributed by atoms with Crippen molar-refractivity contribution in [2.75, 3.05) is 10.6 Å². The van der Waals surface area contributed by atoms with E-state index in [9.17, 15) is 4.79 Å². The lowest BCUT2D eigenvalue weighted by molar-refractivity contribution is -0.115. The van der Waals surface area contributed by atoms with Crippen LogP contribution >= 0.6 is 23.1 Å². The molecule has 2 N–H and O–H groups in total. The first-order valence-corrected chi connectivity index (χ1v) is 9.71. The molecule has 0 fully saturated rings. The number of carbonyl (C=O) groups is 1. The van der Waals surface area contributed by atoms with Gasteiger partial charge in [0, 0.05) is 7.05 Å². The van der Waals surface area contributed by atoms with Gasteiger partial charge in [-0.25, -0.2) is 0 Å². The fourth-order valence-electron chi connectivity index (χ4n) is 2.29. The van der Waals surface area contributed by atoms with Gasteiger partial charge in [-0.2, -0.15) is 5.10 Å². The number of hydrogen-bond acceptors (Lipinski definition) is 8. The number of hydrogen-bond donors (Lipinski definition) is 2. The number of thioether (sulfide) groups is 1. The van der Waals surface area contributed by atoms with E-state index in [0.717, 1.165) is 27.2 Å². The molecule has 3 aromatic rings. The summed E-state index contributed by atoms with van der Waals surface area (Å²) in [6.07, 6.45) is 1.63. The molecule has 3 aromatic heterocycles. The van der Waals surface area contributed by atoms with Crippen LogP contribution in [0, 0.1) is 13.8 Å². The minimum Gasteiger partial charge on any atom is -0.467 e. The minimum atomic E-state index is -0.306. The molecule has 0 aliphatic rings. The van der Waals surface area contributed by atoms with E-state index in [2.05, 4.69) is 25.9 Å². The number of carbonyl (C=O) groups excluding carboxylic acids is 1. The average Bonchev–Trinajstić information content (AvgIpc) is 3.32. The first kappa shape index (κ1) is 18.5. The van der Waals surface area contributed by atoms with Crippen molar-refractivity contribution in [1.82, 2.24) is 20.0 Å². The maximum Gasteiger partial charge on any atom is 0.237 e. The van der Waals surface area contributed by atoms with Gasteiger partial charge in [0.25, 0.3) is 0 Å². The van der Waals surface area contributed by atoms with E-state index in [4.69, 9.17) is 4.42 Å². The van der Waals surface area contributed by atoms with E-state index in [1.807, 2.05) is 40.0 Å². The molecule has 0 aromatic carbocycles. The van der Waals surface area contributed by atoms with Crippen LogP contribution in [0.4, 0.5) is 10.8 Å². The van der Waals surface area contributed by atoms with Crippen molar-refractivity contribution in [3.05, 3.63) is 35.5 Å². The van der Waals surface area contributed by atoms with Crippen LogP contribution in [0.2, 0.25) is 0 Å². The van der Waals surface area contributed by atoms with Crippen LogP contribution < -0.4 is 10.6 Å². The molecule has 0 spiro atoms. The molecule has 3 heterocycles. The van der Waals surface area contributed by atoms with Crippen molar-refractivity contribution in [3.8, 4) is 0 Å². The van der Waals surface area contributed by atoms with Crippen molar-refractivity contribution in [3.63, 3.8) is 0 Å². The number of nitrogens with one attached hydrogen (secondary N) is 2. The van der Waals surface area contributed by atoms with Crippen LogP contribution in [-0.2, 0) is 18.4 Å². The van der Waals surface area contributed by atoms with Gasteiger partial charge in [0.15, 0.2) is 4.34 Å². The van der Waals surface area contributed by atoms with Crippen molar-refractivity contribution < 1.29 is 9.21 Å². The Balaban J connectivity index is 1.55. The van der Waals surface area contributed by atoms with E-state index in [0.29, 0.717) is 11.7 Å². The Kier molecular flexibility index (Phi) is 5.62. The molecule has 0 saturated carbocycles. The highest BCUT2D eigenvalue weighted by atomic mass is 32.2. The highest BCUT2D eigenvalue weighted by Gasteiger charge is 2.20. The summed E-state index contributed by atoms with van der Waals surface area (Å²) in [5.41, 5.74) is 2.49. The molecule has 0 aliphatic heterocycles. The maximum atomic E-state index is 12.5. The van der Waals surface area contributed by atoms with Crippen LogP contribution in [-0.4, -0.2) is 31.1 Å². The van der Waals surface area contributed by atoms with Crippen molar-refractivity contribution in [2.45, 2.75) is 36.9 Å². The summed E-state index contributed by atoms with van der Waals surface area (Å²) in [5.74, 6) is 0.735. The quantitative estimate of drug-likeness (QED) is 0.596. The molecular formula is C16H20N6O2S2. The van der Waals surface area contributed by atoms with Gasteiger partial charge < -0.3 is 15.1 Å². The Morgan fingerprint density at radius 3 is 2.88 bits per heavy atom. The van der Waals surface area contributed by atoms with Crippen LogP contribution in [0.3, 0.4) is 0 Å². The van der Waals surface area contributed by atoms with Crippen molar-refractivity contribution in [1.29, 1.82) is 0 Å². The summed E-state index contributed by atoms with van der Waals surface area (Å²) in [6.45, 7) is 6.19. The lowest BCUT2D eigenvalue weighted by Crippen LogP contribution is -2.23. The number of aromatic nitrogens is 4. The van der Waals surface area contributed by atoms with Gasteiger partial charge in [-0.3, -0.25) is 9.48 Å². The number of nitrogens with zero attached hydrogens (tertiary/aromatic N) is 4. The van der Waals surface area contributed by atoms with E-state index in [1.54, 1.807) is 10.9 Å². The minimum absolute atomic E-state index is 0.0884. The molecule has 1 atom stereocenters. The van der Waals surface area contributed by atoms with Gasteiger partial charge in [0.05, 0.1) is 35.1 Å². The van der Waals surface area contributed by atoms with Crippen molar-refractivity contribution >= 4 is 39.8 Å². The Morgan fingerprint density at radius 1 is 1.42 bits per heavy atom. The molecule has 1 amide bonds. The second kappa shape index (κ2) is 7.92. The van der Waals surface area contributed by atoms with Gasteiger partial charge in [-0.1, -0.05) is 23.1 Å². The maximum absolute atomic E-state index is 12.5. The van der Waals surface area contributed by atoms with Gasteiger partial charge >= 0.3 is 0 Å². The molecule has 10 heteroatoms. The van der Waals surface area contributed by atoms with Gasteiger partial charge in [-0.15, -0.1) is 10.2 Å². The number of aryl methyl sites for hydroxylation is 2. The third-order valence-corrected chi connectivity index (χ3v) is 5.87. The Bertz CT molecular complexity index is 887. The summed E-state index contributed by atoms with van der Waals surface area (Å²) in [5, 5.41) is 19.0. The number of rotatable bonds is 7. The van der Waals surface area contributed by atoms with E-state index < -0.39 is 0 Å². The molecule has 0 saturated heterocycles. The summed E-state index contributed by atoms with van der Waals surface area (Å²) >= 11 is 2.78. The predicted molar refractivity (Wildman–Crippen MR) is 103 cm³/mol. The van der Waals surface area contributed by atoms with Crippen LogP contribution in [0.15, 0.2) is 27.2 Å². The summed E-state index contributed by atoms with van der Waals surface area (Å²) in [7, 11) is 1.86. The SMILES string of the molecule is Cc1nn(C)c(C)c1NC(=O)[C@H](C)Sc1nnc(NCc2ccco2)s1. The average molecular weight is 393 g/mol. The fraction of sp³-hybridized carbons (Fsp3) is 0.375. The van der Waals surface area contributed by atoms with Crippen LogP contribution in [0.1, 0.15) is 24.1 Å². The zero-order valence-corrected chi connectivity index (χ0v) is 16.6. The Labute approximate surface area is 159 Å². The predicted octanol–water partition coefficient (Wildman–Crippen LogP) is 3.21. The van der Waals surface area contributed by atoms with Gasteiger partial charge in [-0.05, 0) is 32.9 Å².